The van der Waals surface area contributed by atoms with Crippen molar-refractivity contribution >= 4 is 46.7 Å². The first kappa shape index (κ1) is 35.3. The Morgan fingerprint density at radius 3 is 2.40 bits per heavy atom. The van der Waals surface area contributed by atoms with Crippen LogP contribution >= 0.6 is 11.3 Å². The SMILES string of the molecule is O=C1CNCCNC(=O)CN[C@H]2CC[C@@H](CC2)Nc2cc(c(F)cn2)-c2cnn(c2CC2CC2)C2CC(C(=O)NC2=O)N2Cc3cc(sc3C2=O)CN1. The van der Waals surface area contributed by atoms with E-state index in [1.165, 1.54) is 22.4 Å². The number of hydrogen-bond acceptors (Lipinski definition) is 11. The predicted octanol–water partition coefficient (Wildman–Crippen LogP) is 1.36. The molecule has 5 amide bonds. The number of imide groups is 1. The Morgan fingerprint density at radius 2 is 1.60 bits per heavy atom. The Balaban J connectivity index is 1.06. The molecule has 6 aliphatic heterocycles. The summed E-state index contributed by atoms with van der Waals surface area (Å²) >= 11 is 1.27. The molecular weight excluding hydrogens is 704 g/mol. The number of nitrogens with one attached hydrogen (secondary N) is 6. The van der Waals surface area contributed by atoms with E-state index in [0.29, 0.717) is 52.9 Å². The van der Waals surface area contributed by atoms with Crippen LogP contribution in [0.4, 0.5) is 10.2 Å². The summed E-state index contributed by atoms with van der Waals surface area (Å²) in [5.74, 6) is -1.28. The molecule has 15 nitrogen and oxygen atoms in total. The molecule has 9 heterocycles. The lowest BCUT2D eigenvalue weighted by molar-refractivity contribution is -0.140. The largest absolute Gasteiger partial charge is 0.367 e. The maximum absolute atomic E-state index is 15.6. The lowest BCUT2D eigenvalue weighted by atomic mass is 9.91. The van der Waals surface area contributed by atoms with Crippen molar-refractivity contribution in [2.45, 2.75) is 88.6 Å². The number of halogens is 1. The minimum atomic E-state index is -0.913. The molecule has 3 aromatic heterocycles. The number of nitrogens with zero attached hydrogens (tertiary/aromatic N) is 4. The Kier molecular flexibility index (Phi) is 9.95. The molecule has 0 spiro atoms. The predicted molar refractivity (Wildman–Crippen MR) is 192 cm³/mol. The molecule has 2 atom stereocenters. The van der Waals surface area contributed by atoms with Gasteiger partial charge in [-0.1, -0.05) is 0 Å². The summed E-state index contributed by atoms with van der Waals surface area (Å²) in [6.07, 6.45) is 8.86. The highest BCUT2D eigenvalue weighted by Crippen LogP contribution is 2.40. The van der Waals surface area contributed by atoms with Gasteiger partial charge in [0.25, 0.3) is 11.8 Å². The van der Waals surface area contributed by atoms with Gasteiger partial charge in [0.05, 0.1) is 36.9 Å². The fraction of sp³-hybridized carbons (Fsp3) is 0.528. The average Bonchev–Trinajstić information content (AvgIpc) is 3.61. The lowest BCUT2D eigenvalue weighted by Gasteiger charge is -2.34. The molecule has 2 unspecified atom stereocenters. The van der Waals surface area contributed by atoms with Crippen LogP contribution in [-0.2, 0) is 38.7 Å². The molecule has 0 radical (unpaired) electrons. The molecule has 53 heavy (non-hydrogen) atoms. The molecule has 11 rings (SSSR count). The number of anilines is 1. The van der Waals surface area contributed by atoms with E-state index in [4.69, 9.17) is 0 Å². The van der Waals surface area contributed by atoms with Crippen molar-refractivity contribution < 1.29 is 28.4 Å². The molecule has 2 saturated carbocycles. The minimum Gasteiger partial charge on any atom is -0.367 e. The monoisotopic (exact) mass is 746 g/mol. The van der Waals surface area contributed by atoms with Crippen LogP contribution in [0, 0.1) is 11.7 Å². The van der Waals surface area contributed by atoms with Gasteiger partial charge in [-0.05, 0) is 68.6 Å². The molecule has 8 aliphatic rings. The highest BCUT2D eigenvalue weighted by atomic mass is 32.1. The third-order valence-electron chi connectivity index (χ3n) is 10.8. The number of carbonyl (C=O) groups is 5. The van der Waals surface area contributed by atoms with E-state index < -0.39 is 29.7 Å². The highest BCUT2D eigenvalue weighted by Gasteiger charge is 2.45. The lowest BCUT2D eigenvalue weighted by Crippen LogP contribution is -2.56. The van der Waals surface area contributed by atoms with Crippen LogP contribution in [0.1, 0.15) is 76.8 Å². The third-order valence-corrected chi connectivity index (χ3v) is 12.0. The number of piperidine rings is 1. The standard InChI is InChI=1S/C36H43FN10O5S/c37-26-15-41-30-11-24(26)25-14-43-47(27(25)9-19-1-2-19)29-12-28(34(50)45-35(29)51)46-18-20-10-23(53-33(20)36(46)52)13-42-31(48)16-38-7-8-39-32(49)17-40-21-3-5-22(44-30)6-4-21/h10-11,14-15,19,21-22,28-29,38,40H,1-9,12-13,16-18H2,(H,39,49)(H,41,44)(H,42,48)(H,45,50,51)/t21-,22-,28?,29?. The molecular formula is C36H43FN10O5S. The smallest absolute Gasteiger partial charge is 0.265 e. The molecule has 0 aromatic carbocycles. The van der Waals surface area contributed by atoms with Gasteiger partial charge in [-0.15, -0.1) is 11.3 Å². The van der Waals surface area contributed by atoms with Gasteiger partial charge in [-0.2, -0.15) is 5.10 Å². The first-order chi connectivity index (χ1) is 25.7. The van der Waals surface area contributed by atoms with E-state index in [1.54, 1.807) is 16.9 Å². The van der Waals surface area contributed by atoms with Crippen LogP contribution < -0.4 is 31.9 Å². The number of carbonyl (C=O) groups excluding carboxylic acids is 5. The summed E-state index contributed by atoms with van der Waals surface area (Å²) in [5.41, 5.74) is 2.37. The van der Waals surface area contributed by atoms with E-state index in [9.17, 15) is 24.0 Å². The summed E-state index contributed by atoms with van der Waals surface area (Å²) in [5, 5.41) is 22.7. The van der Waals surface area contributed by atoms with Crippen molar-refractivity contribution in [1.82, 2.24) is 46.2 Å². The summed E-state index contributed by atoms with van der Waals surface area (Å²) in [6, 6.07) is 2.08. The van der Waals surface area contributed by atoms with Crippen molar-refractivity contribution in [3.8, 4) is 11.1 Å². The molecule has 6 N–H and O–H groups in total. The van der Waals surface area contributed by atoms with Crippen molar-refractivity contribution in [3.63, 3.8) is 0 Å². The number of pyridine rings is 1. The molecule has 3 fully saturated rings. The maximum atomic E-state index is 15.6. The fourth-order valence-corrected chi connectivity index (χ4v) is 8.86. The zero-order valence-corrected chi connectivity index (χ0v) is 30.0. The second-order valence-corrected chi connectivity index (χ2v) is 15.8. The Morgan fingerprint density at radius 1 is 0.830 bits per heavy atom. The zero-order valence-electron chi connectivity index (χ0n) is 29.2. The van der Waals surface area contributed by atoms with Crippen molar-refractivity contribution in [3.05, 3.63) is 51.4 Å². The number of rotatable bonds is 2. The number of amides is 5. The van der Waals surface area contributed by atoms with Crippen molar-refractivity contribution in [1.29, 1.82) is 0 Å². The van der Waals surface area contributed by atoms with Crippen LogP contribution in [-0.4, -0.2) is 93.5 Å². The van der Waals surface area contributed by atoms with E-state index in [1.807, 2.05) is 6.07 Å². The number of thiophene rings is 1. The van der Waals surface area contributed by atoms with Gasteiger partial charge >= 0.3 is 0 Å². The van der Waals surface area contributed by atoms with E-state index in [2.05, 4.69) is 42.0 Å². The van der Waals surface area contributed by atoms with Crippen molar-refractivity contribution in [2.24, 2.45) is 5.92 Å². The Labute approximate surface area is 309 Å². The molecule has 12 bridgehead atoms. The van der Waals surface area contributed by atoms with Gasteiger partial charge in [-0.25, -0.2) is 9.37 Å². The zero-order chi connectivity index (χ0) is 36.6. The van der Waals surface area contributed by atoms with Crippen LogP contribution in [0.3, 0.4) is 0 Å². The molecule has 280 valence electrons. The third kappa shape index (κ3) is 7.68. The Bertz CT molecular complexity index is 1940. The van der Waals surface area contributed by atoms with E-state index >= 15 is 4.39 Å². The second kappa shape index (κ2) is 14.9. The van der Waals surface area contributed by atoms with Gasteiger partial charge in [-0.3, -0.25) is 34.0 Å². The summed E-state index contributed by atoms with van der Waals surface area (Å²) in [6.45, 7) is 1.53. The highest BCUT2D eigenvalue weighted by molar-refractivity contribution is 7.14. The van der Waals surface area contributed by atoms with E-state index in [-0.39, 0.29) is 62.4 Å². The van der Waals surface area contributed by atoms with Gasteiger partial charge in [0.2, 0.25) is 17.7 Å². The number of aromatic nitrogens is 3. The van der Waals surface area contributed by atoms with Crippen LogP contribution in [0.5, 0.6) is 0 Å². The summed E-state index contributed by atoms with van der Waals surface area (Å²) in [4.78, 5) is 72.4. The normalized spacial score (nSPS) is 25.8. The van der Waals surface area contributed by atoms with E-state index in [0.717, 1.165) is 49.0 Å². The maximum Gasteiger partial charge on any atom is 0.265 e. The topological polar surface area (TPSA) is 191 Å². The molecule has 1 saturated heterocycles. The minimum absolute atomic E-state index is 0.0346. The molecule has 3 aromatic rings. The van der Waals surface area contributed by atoms with Gasteiger partial charge < -0.3 is 31.5 Å². The molecule has 17 heteroatoms. The number of hydrogen-bond donors (Lipinski definition) is 6. The Hall–Kier alpha value is -4.74. The van der Waals surface area contributed by atoms with Crippen LogP contribution in [0.2, 0.25) is 0 Å². The first-order valence-electron chi connectivity index (χ1n) is 18.4. The quantitative estimate of drug-likeness (QED) is 0.209. The van der Waals surface area contributed by atoms with Crippen molar-refractivity contribution in [2.75, 3.05) is 31.5 Å². The van der Waals surface area contributed by atoms with Gasteiger partial charge in [0.15, 0.2) is 0 Å². The average molecular weight is 747 g/mol. The first-order valence-corrected chi connectivity index (χ1v) is 19.3. The molecule has 2 aliphatic carbocycles. The van der Waals surface area contributed by atoms with Crippen LogP contribution in [0.25, 0.3) is 11.1 Å². The van der Waals surface area contributed by atoms with Gasteiger partial charge in [0.1, 0.15) is 23.7 Å². The summed E-state index contributed by atoms with van der Waals surface area (Å²) in [7, 11) is 0. The van der Waals surface area contributed by atoms with Crippen LogP contribution in [0.15, 0.2) is 24.5 Å². The second-order valence-electron chi connectivity index (χ2n) is 14.6. The summed E-state index contributed by atoms with van der Waals surface area (Å²) < 4.78 is 17.2. The van der Waals surface area contributed by atoms with Gasteiger partial charge in [0, 0.05) is 59.8 Å². The fourth-order valence-electron chi connectivity index (χ4n) is 7.80.